The number of rotatable bonds is 8. The van der Waals surface area contributed by atoms with Crippen LogP contribution in [0, 0.1) is 11.3 Å². The Morgan fingerprint density at radius 1 is 1.24 bits per heavy atom. The van der Waals surface area contributed by atoms with Gasteiger partial charge in [-0.1, -0.05) is 36.4 Å². The first-order valence-corrected chi connectivity index (χ1v) is 9.89. The quantitative estimate of drug-likeness (QED) is 0.534. The maximum absolute atomic E-state index is 12.7. The lowest BCUT2D eigenvalue weighted by atomic mass is 10.2. The van der Waals surface area contributed by atoms with Crippen LogP contribution in [-0.2, 0) is 16.1 Å². The van der Waals surface area contributed by atoms with E-state index in [1.165, 1.54) is 16.2 Å². The summed E-state index contributed by atoms with van der Waals surface area (Å²) in [5, 5.41) is 15.1. The third-order valence-corrected chi connectivity index (χ3v) is 5.11. The molecule has 7 nitrogen and oxygen atoms in total. The number of likely N-dealkylation sites (N-methyl/N-ethyl adjacent to an activating group) is 1. The first-order chi connectivity index (χ1) is 14.1. The Kier molecular flexibility index (Phi) is 6.76. The van der Waals surface area contributed by atoms with Crippen molar-refractivity contribution in [1.82, 2.24) is 14.7 Å². The monoisotopic (exact) mass is 408 g/mol. The zero-order chi connectivity index (χ0) is 20.6. The molecule has 148 valence electrons. The summed E-state index contributed by atoms with van der Waals surface area (Å²) in [6.07, 6.45) is 1.87. The first kappa shape index (κ1) is 20.3. The van der Waals surface area contributed by atoms with Crippen LogP contribution in [0.25, 0.3) is 10.6 Å². The number of carbonyl (C=O) groups is 2. The van der Waals surface area contributed by atoms with Gasteiger partial charge in [0.1, 0.15) is 11.3 Å². The lowest BCUT2D eigenvalue weighted by molar-refractivity contribution is -0.133. The predicted molar refractivity (Wildman–Crippen MR) is 109 cm³/mol. The normalized spacial score (nSPS) is 10.3. The highest BCUT2D eigenvalue weighted by Crippen LogP contribution is 2.27. The van der Waals surface area contributed by atoms with E-state index < -0.39 is 5.97 Å². The van der Waals surface area contributed by atoms with Gasteiger partial charge < -0.3 is 9.64 Å². The standard InChI is InChI=1S/C21H20N4O3S/c1-24(11-6-10-22)19(26)15-28-21(27)17-14-25(13-16-7-3-2-4-8-16)23-20(17)18-9-5-12-29-18/h2-5,7-9,12,14H,6,11,13,15H2,1H3. The minimum absolute atomic E-state index is 0.227. The van der Waals surface area contributed by atoms with Crippen molar-refractivity contribution in [2.45, 2.75) is 13.0 Å². The average Bonchev–Trinajstić information content (AvgIpc) is 3.40. The molecule has 0 aliphatic carbocycles. The van der Waals surface area contributed by atoms with Crippen molar-refractivity contribution in [2.24, 2.45) is 0 Å². The van der Waals surface area contributed by atoms with Gasteiger partial charge in [0.15, 0.2) is 6.61 Å². The van der Waals surface area contributed by atoms with E-state index in [-0.39, 0.29) is 18.9 Å². The molecule has 3 rings (SSSR count). The molecule has 0 saturated carbocycles. The molecule has 2 heterocycles. The molecule has 0 aliphatic heterocycles. The molecule has 0 saturated heterocycles. The summed E-state index contributed by atoms with van der Waals surface area (Å²) in [6.45, 7) is 0.430. The van der Waals surface area contributed by atoms with Crippen molar-refractivity contribution in [3.63, 3.8) is 0 Å². The Balaban J connectivity index is 1.75. The zero-order valence-electron chi connectivity index (χ0n) is 15.9. The van der Waals surface area contributed by atoms with Crippen molar-refractivity contribution >= 4 is 23.2 Å². The molecule has 0 aliphatic rings. The summed E-state index contributed by atoms with van der Waals surface area (Å²) < 4.78 is 6.93. The van der Waals surface area contributed by atoms with E-state index in [0.717, 1.165) is 10.4 Å². The number of nitriles is 1. The molecule has 1 aromatic carbocycles. The highest BCUT2D eigenvalue weighted by molar-refractivity contribution is 7.13. The van der Waals surface area contributed by atoms with Crippen LogP contribution in [-0.4, -0.2) is 46.8 Å². The molecule has 2 aromatic heterocycles. The molecular formula is C21H20N4O3S. The average molecular weight is 408 g/mol. The molecule has 0 bridgehead atoms. The van der Waals surface area contributed by atoms with Gasteiger partial charge in [0.05, 0.1) is 23.9 Å². The molecule has 0 fully saturated rings. The third-order valence-electron chi connectivity index (χ3n) is 4.24. The van der Waals surface area contributed by atoms with E-state index in [1.54, 1.807) is 17.9 Å². The summed E-state index contributed by atoms with van der Waals surface area (Å²) in [6, 6.07) is 15.6. The van der Waals surface area contributed by atoms with Crippen LogP contribution >= 0.6 is 11.3 Å². The number of carbonyl (C=O) groups excluding carboxylic acids is 2. The third kappa shape index (κ3) is 5.30. The Morgan fingerprint density at radius 2 is 2.03 bits per heavy atom. The summed E-state index contributed by atoms with van der Waals surface area (Å²) >= 11 is 1.48. The second-order valence-corrected chi connectivity index (χ2v) is 7.30. The van der Waals surface area contributed by atoms with E-state index in [2.05, 4.69) is 5.10 Å². The van der Waals surface area contributed by atoms with Crippen LogP contribution in [0.5, 0.6) is 0 Å². The Bertz CT molecular complexity index is 1010. The maximum atomic E-state index is 12.7. The summed E-state index contributed by atoms with van der Waals surface area (Å²) in [4.78, 5) is 27.0. The van der Waals surface area contributed by atoms with Gasteiger partial charge in [0.25, 0.3) is 5.91 Å². The van der Waals surface area contributed by atoms with Gasteiger partial charge in [-0.05, 0) is 17.0 Å². The SMILES string of the molecule is CN(CCC#N)C(=O)COC(=O)c1cn(Cc2ccccc2)nc1-c1cccs1. The number of esters is 1. The molecule has 0 N–H and O–H groups in total. The first-order valence-electron chi connectivity index (χ1n) is 9.01. The second kappa shape index (κ2) is 9.66. The predicted octanol–water partition coefficient (Wildman–Crippen LogP) is 3.19. The van der Waals surface area contributed by atoms with Crippen LogP contribution in [0.2, 0.25) is 0 Å². The van der Waals surface area contributed by atoms with Gasteiger partial charge in [-0.3, -0.25) is 9.48 Å². The van der Waals surface area contributed by atoms with Crippen molar-refractivity contribution in [3.8, 4) is 16.6 Å². The fraction of sp³-hybridized carbons (Fsp3) is 0.238. The minimum atomic E-state index is -0.602. The number of benzene rings is 1. The summed E-state index contributed by atoms with van der Waals surface area (Å²) in [7, 11) is 1.57. The van der Waals surface area contributed by atoms with Gasteiger partial charge in [0.2, 0.25) is 0 Å². The Morgan fingerprint density at radius 3 is 2.72 bits per heavy atom. The molecule has 0 radical (unpaired) electrons. The van der Waals surface area contributed by atoms with Crippen molar-refractivity contribution < 1.29 is 14.3 Å². The molecule has 0 unspecified atom stereocenters. The Labute approximate surface area is 172 Å². The van der Waals surface area contributed by atoms with Gasteiger partial charge in [-0.2, -0.15) is 10.4 Å². The topological polar surface area (TPSA) is 88.2 Å². The summed E-state index contributed by atoms with van der Waals surface area (Å²) in [5.74, 6) is -0.960. The molecule has 0 spiro atoms. The number of amides is 1. The van der Waals surface area contributed by atoms with Crippen LogP contribution < -0.4 is 0 Å². The molecule has 29 heavy (non-hydrogen) atoms. The Hall–Kier alpha value is -3.44. The van der Waals surface area contributed by atoms with Crippen molar-refractivity contribution in [3.05, 3.63) is 65.2 Å². The largest absolute Gasteiger partial charge is 0.452 e. The maximum Gasteiger partial charge on any atom is 0.342 e. The highest BCUT2D eigenvalue weighted by Gasteiger charge is 2.21. The summed E-state index contributed by atoms with van der Waals surface area (Å²) in [5.41, 5.74) is 1.91. The molecular weight excluding hydrogens is 388 g/mol. The highest BCUT2D eigenvalue weighted by atomic mass is 32.1. The van der Waals surface area contributed by atoms with Gasteiger partial charge in [0, 0.05) is 19.8 Å². The number of hydrogen-bond donors (Lipinski definition) is 0. The minimum Gasteiger partial charge on any atom is -0.452 e. The van der Waals surface area contributed by atoms with Gasteiger partial charge >= 0.3 is 5.97 Å². The van der Waals surface area contributed by atoms with E-state index in [9.17, 15) is 9.59 Å². The number of hydrogen-bond acceptors (Lipinski definition) is 6. The van der Waals surface area contributed by atoms with Crippen molar-refractivity contribution in [2.75, 3.05) is 20.2 Å². The number of thiophene rings is 1. The van der Waals surface area contributed by atoms with E-state index >= 15 is 0 Å². The lowest BCUT2D eigenvalue weighted by Gasteiger charge is -2.15. The van der Waals surface area contributed by atoms with E-state index in [1.807, 2.05) is 53.9 Å². The second-order valence-electron chi connectivity index (χ2n) is 6.35. The fourth-order valence-corrected chi connectivity index (χ4v) is 3.40. The molecule has 8 heteroatoms. The molecule has 0 atom stereocenters. The zero-order valence-corrected chi connectivity index (χ0v) is 16.8. The van der Waals surface area contributed by atoms with Crippen LogP contribution in [0.4, 0.5) is 0 Å². The van der Waals surface area contributed by atoms with Crippen LogP contribution in [0.3, 0.4) is 0 Å². The van der Waals surface area contributed by atoms with Gasteiger partial charge in [-0.15, -0.1) is 11.3 Å². The van der Waals surface area contributed by atoms with E-state index in [4.69, 9.17) is 10.00 Å². The number of nitrogens with zero attached hydrogens (tertiary/aromatic N) is 4. The van der Waals surface area contributed by atoms with Crippen LogP contribution in [0.15, 0.2) is 54.0 Å². The van der Waals surface area contributed by atoms with Crippen molar-refractivity contribution in [1.29, 1.82) is 5.26 Å². The molecule has 1 amide bonds. The van der Waals surface area contributed by atoms with Gasteiger partial charge in [-0.25, -0.2) is 4.79 Å². The molecule has 3 aromatic rings. The fourth-order valence-electron chi connectivity index (χ4n) is 2.68. The smallest absolute Gasteiger partial charge is 0.342 e. The van der Waals surface area contributed by atoms with Crippen LogP contribution in [0.1, 0.15) is 22.3 Å². The number of aromatic nitrogens is 2. The lowest BCUT2D eigenvalue weighted by Crippen LogP contribution is -2.31. The number of ether oxygens (including phenoxy) is 1. The van der Waals surface area contributed by atoms with E-state index in [0.29, 0.717) is 24.3 Å².